The third kappa shape index (κ3) is 3.41. The van der Waals surface area contributed by atoms with E-state index in [1.165, 1.54) is 0 Å². The second kappa shape index (κ2) is 5.97. The molecule has 17 heavy (non-hydrogen) atoms. The summed E-state index contributed by atoms with van der Waals surface area (Å²) in [6.45, 7) is 5.43. The highest BCUT2D eigenvalue weighted by Crippen LogP contribution is 2.16. The van der Waals surface area contributed by atoms with Crippen molar-refractivity contribution in [1.82, 2.24) is 15.0 Å². The maximum atomic E-state index is 5.85. The summed E-state index contributed by atoms with van der Waals surface area (Å²) in [5.41, 5.74) is 0. The van der Waals surface area contributed by atoms with Gasteiger partial charge in [0.05, 0.1) is 13.2 Å². The molecule has 0 amide bonds. The average molecular weight is 259 g/mol. The van der Waals surface area contributed by atoms with Gasteiger partial charge in [0.15, 0.2) is 0 Å². The van der Waals surface area contributed by atoms with Gasteiger partial charge in [-0.2, -0.15) is 15.0 Å². The summed E-state index contributed by atoms with van der Waals surface area (Å²) in [5, 5.41) is 0.156. The van der Waals surface area contributed by atoms with Crippen molar-refractivity contribution in [1.29, 1.82) is 0 Å². The van der Waals surface area contributed by atoms with E-state index in [0.29, 0.717) is 19.2 Å². The van der Waals surface area contributed by atoms with E-state index in [9.17, 15) is 0 Å². The second-order valence-corrected chi connectivity index (χ2v) is 3.91. The van der Waals surface area contributed by atoms with Crippen LogP contribution in [-0.2, 0) is 4.74 Å². The van der Waals surface area contributed by atoms with Gasteiger partial charge >= 0.3 is 6.01 Å². The van der Waals surface area contributed by atoms with Crippen molar-refractivity contribution in [3.8, 4) is 6.01 Å². The predicted molar refractivity (Wildman–Crippen MR) is 63.7 cm³/mol. The summed E-state index contributed by atoms with van der Waals surface area (Å²) in [5.74, 6) is 0.555. The predicted octanol–water partition coefficient (Wildman–Crippen LogP) is 1.15. The van der Waals surface area contributed by atoms with Crippen LogP contribution in [0.15, 0.2) is 0 Å². The van der Waals surface area contributed by atoms with Crippen LogP contribution in [0.1, 0.15) is 13.3 Å². The lowest BCUT2D eigenvalue weighted by Crippen LogP contribution is -2.28. The van der Waals surface area contributed by atoms with E-state index in [4.69, 9.17) is 21.1 Å². The van der Waals surface area contributed by atoms with Crippen LogP contribution in [0, 0.1) is 0 Å². The first-order valence-corrected chi connectivity index (χ1v) is 6.04. The lowest BCUT2D eigenvalue weighted by atomic mass is 10.4. The molecule has 94 valence electrons. The number of aromatic nitrogens is 3. The summed E-state index contributed by atoms with van der Waals surface area (Å²) < 4.78 is 10.6. The number of halogens is 1. The molecule has 0 unspecified atom stereocenters. The Labute approximate surface area is 105 Å². The quantitative estimate of drug-likeness (QED) is 0.811. The van der Waals surface area contributed by atoms with E-state index in [2.05, 4.69) is 15.0 Å². The molecule has 0 aliphatic carbocycles. The van der Waals surface area contributed by atoms with Crippen LogP contribution >= 0.6 is 11.6 Å². The molecule has 2 heterocycles. The van der Waals surface area contributed by atoms with E-state index in [1.54, 1.807) is 0 Å². The van der Waals surface area contributed by atoms with Crippen LogP contribution in [0.2, 0.25) is 5.28 Å². The minimum atomic E-state index is 0.156. The molecule has 0 N–H and O–H groups in total. The molecule has 1 aliphatic heterocycles. The zero-order valence-electron chi connectivity index (χ0n) is 9.73. The maximum Gasteiger partial charge on any atom is 0.322 e. The van der Waals surface area contributed by atoms with Gasteiger partial charge in [0.25, 0.3) is 0 Å². The lowest BCUT2D eigenvalue weighted by Gasteiger charge is -2.19. The second-order valence-electron chi connectivity index (χ2n) is 3.57. The Bertz CT molecular complexity index is 369. The number of nitrogens with zero attached hydrogens (tertiary/aromatic N) is 4. The van der Waals surface area contributed by atoms with Crippen molar-refractivity contribution in [3.05, 3.63) is 5.28 Å². The summed E-state index contributed by atoms with van der Waals surface area (Å²) in [6, 6.07) is 0.271. The molecular formula is C10H15ClN4O2. The fourth-order valence-electron chi connectivity index (χ4n) is 1.60. The zero-order valence-corrected chi connectivity index (χ0v) is 10.5. The van der Waals surface area contributed by atoms with Crippen molar-refractivity contribution in [2.45, 2.75) is 13.3 Å². The molecule has 0 bridgehead atoms. The van der Waals surface area contributed by atoms with Gasteiger partial charge in [-0.3, -0.25) is 0 Å². The molecule has 0 saturated carbocycles. The monoisotopic (exact) mass is 258 g/mol. The van der Waals surface area contributed by atoms with E-state index >= 15 is 0 Å². The molecule has 0 atom stereocenters. The van der Waals surface area contributed by atoms with Crippen LogP contribution in [0.5, 0.6) is 6.01 Å². The van der Waals surface area contributed by atoms with Crippen molar-refractivity contribution >= 4 is 17.5 Å². The van der Waals surface area contributed by atoms with Crippen LogP contribution in [0.4, 0.5) is 5.95 Å². The highest BCUT2D eigenvalue weighted by molar-refractivity contribution is 6.28. The summed E-state index contributed by atoms with van der Waals surface area (Å²) in [6.07, 6.45) is 0.952. The van der Waals surface area contributed by atoms with Crippen molar-refractivity contribution in [3.63, 3.8) is 0 Å². The van der Waals surface area contributed by atoms with Gasteiger partial charge < -0.3 is 14.4 Å². The minimum absolute atomic E-state index is 0.156. The largest absolute Gasteiger partial charge is 0.464 e. The molecule has 0 radical (unpaired) electrons. The molecule has 1 aromatic rings. The van der Waals surface area contributed by atoms with Crippen molar-refractivity contribution in [2.24, 2.45) is 0 Å². The molecule has 0 spiro atoms. The standard InChI is InChI=1S/C10H15ClN4O2/c1-2-17-10-13-8(11)12-9(14-10)15-4-3-6-16-7-5-15/h2-7H2,1H3. The molecule has 6 nitrogen and oxygen atoms in total. The van der Waals surface area contributed by atoms with Gasteiger partial charge in [0.1, 0.15) is 0 Å². The van der Waals surface area contributed by atoms with E-state index in [1.807, 2.05) is 11.8 Å². The summed E-state index contributed by atoms with van der Waals surface area (Å²) >= 11 is 5.85. The first-order chi connectivity index (χ1) is 8.29. The Hall–Kier alpha value is -1.14. The SMILES string of the molecule is CCOc1nc(Cl)nc(N2CCCOCC2)n1. The van der Waals surface area contributed by atoms with E-state index < -0.39 is 0 Å². The molecule has 1 aromatic heterocycles. The number of hydrogen-bond acceptors (Lipinski definition) is 6. The van der Waals surface area contributed by atoms with Crippen LogP contribution in [0.25, 0.3) is 0 Å². The van der Waals surface area contributed by atoms with Crippen LogP contribution in [-0.4, -0.2) is 47.9 Å². The Morgan fingerprint density at radius 3 is 3.00 bits per heavy atom. The minimum Gasteiger partial charge on any atom is -0.464 e. The summed E-state index contributed by atoms with van der Waals surface area (Å²) in [7, 11) is 0. The average Bonchev–Trinajstić information content (AvgIpc) is 2.57. The van der Waals surface area contributed by atoms with Gasteiger partial charge in [-0.05, 0) is 24.9 Å². The van der Waals surface area contributed by atoms with Crippen LogP contribution < -0.4 is 9.64 Å². The Morgan fingerprint density at radius 2 is 2.18 bits per heavy atom. The number of hydrogen-bond donors (Lipinski definition) is 0. The Kier molecular flexibility index (Phi) is 4.33. The first-order valence-electron chi connectivity index (χ1n) is 5.66. The van der Waals surface area contributed by atoms with Gasteiger partial charge in [-0.25, -0.2) is 0 Å². The lowest BCUT2D eigenvalue weighted by molar-refractivity contribution is 0.152. The van der Waals surface area contributed by atoms with E-state index in [-0.39, 0.29) is 11.3 Å². The number of rotatable bonds is 3. The van der Waals surface area contributed by atoms with Gasteiger partial charge in [0.2, 0.25) is 11.2 Å². The molecule has 1 saturated heterocycles. The zero-order chi connectivity index (χ0) is 12.1. The molecular weight excluding hydrogens is 244 g/mol. The van der Waals surface area contributed by atoms with Crippen molar-refractivity contribution in [2.75, 3.05) is 37.8 Å². The Morgan fingerprint density at radius 1 is 1.29 bits per heavy atom. The molecule has 1 fully saturated rings. The van der Waals surface area contributed by atoms with Gasteiger partial charge in [0, 0.05) is 19.7 Å². The first kappa shape index (κ1) is 12.3. The summed E-state index contributed by atoms with van der Waals surface area (Å²) in [4.78, 5) is 14.3. The fourth-order valence-corrected chi connectivity index (χ4v) is 1.75. The molecule has 0 aromatic carbocycles. The molecule has 7 heteroatoms. The van der Waals surface area contributed by atoms with Gasteiger partial charge in [-0.15, -0.1) is 0 Å². The highest BCUT2D eigenvalue weighted by Gasteiger charge is 2.15. The normalized spacial score (nSPS) is 16.7. The topological polar surface area (TPSA) is 60.4 Å². The molecule has 1 aliphatic rings. The third-order valence-electron chi connectivity index (χ3n) is 2.35. The number of ether oxygens (including phenoxy) is 2. The van der Waals surface area contributed by atoms with Crippen LogP contribution in [0.3, 0.4) is 0 Å². The smallest absolute Gasteiger partial charge is 0.322 e. The fraction of sp³-hybridized carbons (Fsp3) is 0.700. The molecule has 2 rings (SSSR count). The van der Waals surface area contributed by atoms with E-state index in [0.717, 1.165) is 26.1 Å². The third-order valence-corrected chi connectivity index (χ3v) is 2.52. The maximum absolute atomic E-state index is 5.85. The number of anilines is 1. The Balaban J connectivity index is 2.17. The van der Waals surface area contributed by atoms with Gasteiger partial charge in [-0.1, -0.05) is 0 Å². The highest BCUT2D eigenvalue weighted by atomic mass is 35.5. The van der Waals surface area contributed by atoms with Crippen molar-refractivity contribution < 1.29 is 9.47 Å².